The third-order valence-electron chi connectivity index (χ3n) is 8.42. The molecule has 0 radical (unpaired) electrons. The van der Waals surface area contributed by atoms with Crippen LogP contribution < -0.4 is 0 Å². The van der Waals surface area contributed by atoms with E-state index in [-0.39, 0.29) is 17.8 Å². The van der Waals surface area contributed by atoms with Crippen LogP contribution in [0.3, 0.4) is 0 Å². The van der Waals surface area contributed by atoms with Crippen molar-refractivity contribution in [1.29, 1.82) is 0 Å². The summed E-state index contributed by atoms with van der Waals surface area (Å²) < 4.78 is 25.4. The zero-order chi connectivity index (χ0) is 25.7. The van der Waals surface area contributed by atoms with Crippen molar-refractivity contribution in [3.63, 3.8) is 0 Å². The molecule has 2 aromatic carbocycles. The van der Waals surface area contributed by atoms with E-state index in [0.29, 0.717) is 24.8 Å². The van der Waals surface area contributed by atoms with Crippen molar-refractivity contribution < 1.29 is 18.8 Å². The van der Waals surface area contributed by atoms with E-state index in [0.717, 1.165) is 68.5 Å². The highest BCUT2D eigenvalue weighted by molar-refractivity contribution is 5.33. The molecule has 37 heavy (non-hydrogen) atoms. The minimum Gasteiger partial charge on any atom is -0.378 e. The van der Waals surface area contributed by atoms with Crippen LogP contribution in [0.5, 0.6) is 0 Å². The van der Waals surface area contributed by atoms with Crippen LogP contribution in [0.15, 0.2) is 65.2 Å². The van der Waals surface area contributed by atoms with E-state index in [1.165, 1.54) is 18.6 Å². The second-order valence-electron chi connectivity index (χ2n) is 10.8. The van der Waals surface area contributed by atoms with Gasteiger partial charge in [0.05, 0.1) is 19.3 Å². The Labute approximate surface area is 219 Å². The van der Waals surface area contributed by atoms with E-state index in [2.05, 4.69) is 17.0 Å². The highest BCUT2D eigenvalue weighted by Crippen LogP contribution is 2.43. The van der Waals surface area contributed by atoms with Gasteiger partial charge in [-0.3, -0.25) is 4.90 Å². The molecule has 3 aromatic rings. The summed E-state index contributed by atoms with van der Waals surface area (Å²) in [6, 6.07) is 18.4. The second kappa shape index (κ2) is 11.9. The third kappa shape index (κ3) is 5.97. The van der Waals surface area contributed by atoms with Crippen molar-refractivity contribution in [2.24, 2.45) is 11.8 Å². The molecule has 2 heterocycles. The number of piperidine rings is 1. The van der Waals surface area contributed by atoms with Gasteiger partial charge in [0.15, 0.2) is 5.76 Å². The average molecular weight is 507 g/mol. The van der Waals surface area contributed by atoms with Gasteiger partial charge in [-0.15, -0.1) is 0 Å². The quantitative estimate of drug-likeness (QED) is 0.362. The maximum absolute atomic E-state index is 13.3. The van der Waals surface area contributed by atoms with Gasteiger partial charge in [0, 0.05) is 12.6 Å². The summed E-state index contributed by atoms with van der Waals surface area (Å²) in [5.74, 6) is 1.17. The van der Waals surface area contributed by atoms with E-state index < -0.39 is 5.60 Å². The zero-order valence-electron chi connectivity index (χ0n) is 21.8. The normalized spacial score (nSPS) is 23.1. The Bertz CT molecular complexity index is 1110. The van der Waals surface area contributed by atoms with E-state index in [1.807, 2.05) is 36.4 Å². The van der Waals surface area contributed by atoms with E-state index >= 15 is 0 Å². The van der Waals surface area contributed by atoms with Crippen molar-refractivity contribution in [3.8, 4) is 0 Å². The number of likely N-dealkylation sites (tertiary alicyclic amines) is 1. The first-order valence-corrected chi connectivity index (χ1v) is 13.9. The lowest BCUT2D eigenvalue weighted by Crippen LogP contribution is -2.44. The summed E-state index contributed by atoms with van der Waals surface area (Å²) in [6.07, 6.45) is 7.71. The molecule has 1 saturated carbocycles. The average Bonchev–Trinajstić information content (AvgIpc) is 3.42. The van der Waals surface area contributed by atoms with Crippen LogP contribution in [0.25, 0.3) is 0 Å². The fraction of sp³-hybridized carbons (Fsp3) is 0.516. The van der Waals surface area contributed by atoms with E-state index in [4.69, 9.17) is 9.26 Å². The number of ether oxygens (including phenoxy) is 1. The number of hydrogen-bond acceptors (Lipinski definition) is 5. The fourth-order valence-electron chi connectivity index (χ4n) is 6.21. The van der Waals surface area contributed by atoms with Crippen molar-refractivity contribution >= 4 is 0 Å². The van der Waals surface area contributed by atoms with Crippen LogP contribution in [-0.4, -0.2) is 34.4 Å². The maximum Gasteiger partial charge on any atom is 0.151 e. The highest BCUT2D eigenvalue weighted by atomic mass is 19.1. The lowest BCUT2D eigenvalue weighted by atomic mass is 9.71. The molecular formula is C31H39FN2O3. The Balaban J connectivity index is 1.28. The molecule has 3 unspecified atom stereocenters. The van der Waals surface area contributed by atoms with Crippen LogP contribution in [0.2, 0.25) is 0 Å². The Kier molecular flexibility index (Phi) is 8.38. The van der Waals surface area contributed by atoms with Gasteiger partial charge in [-0.1, -0.05) is 80.2 Å². The maximum atomic E-state index is 13.3. The molecule has 0 spiro atoms. The summed E-state index contributed by atoms with van der Waals surface area (Å²) in [5.41, 5.74) is 1.35. The number of rotatable bonds is 9. The Morgan fingerprint density at radius 2 is 1.81 bits per heavy atom. The molecule has 6 heteroatoms. The monoisotopic (exact) mass is 506 g/mol. The Hall–Kier alpha value is -2.54. The summed E-state index contributed by atoms with van der Waals surface area (Å²) in [4.78, 5) is 2.36. The largest absolute Gasteiger partial charge is 0.378 e. The Morgan fingerprint density at radius 3 is 2.54 bits per heavy atom. The molecule has 1 aliphatic carbocycles. The van der Waals surface area contributed by atoms with Crippen LogP contribution in [0.4, 0.5) is 4.39 Å². The number of aliphatic hydroxyl groups is 1. The number of hydrogen-bond donors (Lipinski definition) is 1. The van der Waals surface area contributed by atoms with Crippen LogP contribution in [-0.2, 0) is 23.5 Å². The van der Waals surface area contributed by atoms with Gasteiger partial charge in [-0.25, -0.2) is 4.39 Å². The summed E-state index contributed by atoms with van der Waals surface area (Å²) in [7, 11) is 0. The SMILES string of the molecule is CCC1CCN(Cc2cc(C(O)(c3ccccc3)C3CCCCC3)no2)CC1OCc1ccc(F)cc1. The number of benzene rings is 2. The van der Waals surface area contributed by atoms with Crippen LogP contribution in [0.1, 0.15) is 74.5 Å². The topological polar surface area (TPSA) is 58.7 Å². The second-order valence-corrected chi connectivity index (χ2v) is 10.8. The van der Waals surface area contributed by atoms with Gasteiger partial charge < -0.3 is 14.4 Å². The Morgan fingerprint density at radius 1 is 1.05 bits per heavy atom. The number of aromatic nitrogens is 1. The van der Waals surface area contributed by atoms with Crippen molar-refractivity contribution in [2.75, 3.05) is 13.1 Å². The van der Waals surface area contributed by atoms with E-state index in [9.17, 15) is 9.50 Å². The molecule has 1 N–H and O–H groups in total. The minimum atomic E-state index is -1.14. The predicted molar refractivity (Wildman–Crippen MR) is 141 cm³/mol. The van der Waals surface area contributed by atoms with Crippen molar-refractivity contribution in [3.05, 3.63) is 89.1 Å². The molecule has 0 amide bonds. The van der Waals surface area contributed by atoms with Crippen molar-refractivity contribution in [1.82, 2.24) is 10.1 Å². The molecule has 1 aliphatic heterocycles. The van der Waals surface area contributed by atoms with Crippen LogP contribution in [0, 0.1) is 17.7 Å². The van der Waals surface area contributed by atoms with Gasteiger partial charge in [0.2, 0.25) is 0 Å². The first kappa shape index (κ1) is 26.1. The minimum absolute atomic E-state index is 0.106. The standard InChI is InChI=1S/C31H39FN2O3/c1-2-24-17-18-34(21-29(24)36-22-23-13-15-27(32)16-14-23)20-28-19-30(33-37-28)31(35,25-9-5-3-6-10-25)26-11-7-4-8-12-26/h3,5-6,9-10,13-16,19,24,26,29,35H,2,4,7-8,11-12,17-18,20-22H2,1H3. The molecule has 3 atom stereocenters. The first-order valence-electron chi connectivity index (χ1n) is 13.9. The zero-order valence-corrected chi connectivity index (χ0v) is 21.8. The highest BCUT2D eigenvalue weighted by Gasteiger charge is 2.43. The van der Waals surface area contributed by atoms with Crippen molar-refractivity contribution in [2.45, 2.75) is 76.7 Å². The molecule has 2 fully saturated rings. The van der Waals surface area contributed by atoms with Gasteiger partial charge in [-0.2, -0.15) is 0 Å². The summed E-state index contributed by atoms with van der Waals surface area (Å²) in [5, 5.41) is 16.5. The molecule has 5 nitrogen and oxygen atoms in total. The van der Waals surface area contributed by atoms with Gasteiger partial charge in [-0.05, 0) is 60.9 Å². The first-order chi connectivity index (χ1) is 18.1. The molecule has 1 saturated heterocycles. The van der Waals surface area contributed by atoms with Gasteiger partial charge >= 0.3 is 0 Å². The smallest absolute Gasteiger partial charge is 0.151 e. The molecule has 0 bridgehead atoms. The number of nitrogens with zero attached hydrogens (tertiary/aromatic N) is 2. The lowest BCUT2D eigenvalue weighted by molar-refractivity contribution is -0.0507. The molecular weight excluding hydrogens is 467 g/mol. The lowest BCUT2D eigenvalue weighted by Gasteiger charge is -2.38. The molecule has 5 rings (SSSR count). The summed E-state index contributed by atoms with van der Waals surface area (Å²) in [6.45, 7) is 5.10. The van der Waals surface area contributed by atoms with Gasteiger partial charge in [0.1, 0.15) is 17.1 Å². The fourth-order valence-corrected chi connectivity index (χ4v) is 6.21. The molecule has 1 aromatic heterocycles. The van der Waals surface area contributed by atoms with E-state index in [1.54, 1.807) is 12.1 Å². The number of halogens is 1. The molecule has 2 aliphatic rings. The predicted octanol–water partition coefficient (Wildman–Crippen LogP) is 6.45. The van der Waals surface area contributed by atoms with Crippen LogP contribution >= 0.6 is 0 Å². The summed E-state index contributed by atoms with van der Waals surface area (Å²) >= 11 is 0. The van der Waals surface area contributed by atoms with Gasteiger partial charge in [0.25, 0.3) is 0 Å². The molecule has 198 valence electrons. The third-order valence-corrected chi connectivity index (χ3v) is 8.42.